The van der Waals surface area contributed by atoms with Crippen LogP contribution in [0.3, 0.4) is 0 Å². The minimum atomic E-state index is 0.821. The Morgan fingerprint density at radius 1 is 1.50 bits per heavy atom. The van der Waals surface area contributed by atoms with Crippen LogP contribution in [0.25, 0.3) is 10.9 Å². The topological polar surface area (TPSA) is 28.7 Å². The highest BCUT2D eigenvalue weighted by Gasteiger charge is 2.19. The Morgan fingerprint density at radius 3 is 3.36 bits per heavy atom. The third kappa shape index (κ3) is 1.07. The first-order valence-electron chi connectivity index (χ1n) is 5.28. The lowest BCUT2D eigenvalue weighted by Gasteiger charge is -2.17. The normalized spacial score (nSPS) is 21.1. The van der Waals surface area contributed by atoms with Crippen molar-refractivity contribution in [3.63, 3.8) is 0 Å². The van der Waals surface area contributed by atoms with Crippen LogP contribution >= 0.6 is 0 Å². The second-order valence-corrected chi connectivity index (χ2v) is 4.35. The zero-order valence-electron chi connectivity index (χ0n) is 8.38. The fourth-order valence-electron chi connectivity index (χ4n) is 2.43. The summed E-state index contributed by atoms with van der Waals surface area (Å²) in [5.41, 5.74) is 4.19. The molecule has 2 heteroatoms. The quantitative estimate of drug-likeness (QED) is 0.673. The maximum atomic E-state index is 4.20. The summed E-state index contributed by atoms with van der Waals surface area (Å²) in [4.78, 5) is 7.69. The van der Waals surface area contributed by atoms with Crippen LogP contribution in [0.15, 0.2) is 18.5 Å². The van der Waals surface area contributed by atoms with Gasteiger partial charge in [0.15, 0.2) is 0 Å². The summed E-state index contributed by atoms with van der Waals surface area (Å²) >= 11 is 0. The number of aryl methyl sites for hydroxylation is 1. The maximum Gasteiger partial charge on any atom is 0.0490 e. The average molecular weight is 186 g/mol. The van der Waals surface area contributed by atoms with Crippen molar-refractivity contribution in [1.82, 2.24) is 9.97 Å². The van der Waals surface area contributed by atoms with Crippen molar-refractivity contribution in [2.75, 3.05) is 0 Å². The summed E-state index contributed by atoms with van der Waals surface area (Å²) in [6.45, 7) is 2.33. The predicted octanol–water partition coefficient (Wildman–Crippen LogP) is 2.69. The van der Waals surface area contributed by atoms with E-state index in [1.807, 2.05) is 12.4 Å². The number of pyridine rings is 1. The molecule has 1 unspecified atom stereocenters. The zero-order valence-corrected chi connectivity index (χ0v) is 8.38. The van der Waals surface area contributed by atoms with Crippen LogP contribution in [0.2, 0.25) is 0 Å². The molecule has 2 heterocycles. The number of fused-ring (bicyclic) bond motifs is 3. The molecular formula is C12H14N2. The summed E-state index contributed by atoms with van der Waals surface area (Å²) < 4.78 is 0. The molecule has 2 aromatic rings. The summed E-state index contributed by atoms with van der Waals surface area (Å²) in [5.74, 6) is 0.821. The van der Waals surface area contributed by atoms with Gasteiger partial charge in [0.05, 0.1) is 0 Å². The Bertz CT molecular complexity index is 470. The monoisotopic (exact) mass is 186 g/mol. The summed E-state index contributed by atoms with van der Waals surface area (Å²) in [6.07, 6.45) is 7.57. The molecule has 0 aromatic carbocycles. The van der Waals surface area contributed by atoms with E-state index in [-0.39, 0.29) is 0 Å². The molecule has 0 amide bonds. The molecule has 14 heavy (non-hydrogen) atoms. The van der Waals surface area contributed by atoms with E-state index in [0.29, 0.717) is 0 Å². The minimum Gasteiger partial charge on any atom is -0.358 e. The molecule has 0 spiro atoms. The van der Waals surface area contributed by atoms with Crippen LogP contribution in [-0.2, 0) is 12.8 Å². The van der Waals surface area contributed by atoms with Crippen molar-refractivity contribution in [3.05, 3.63) is 29.7 Å². The second kappa shape index (κ2) is 2.84. The van der Waals surface area contributed by atoms with Crippen LogP contribution in [0.1, 0.15) is 24.6 Å². The van der Waals surface area contributed by atoms with Crippen molar-refractivity contribution in [3.8, 4) is 0 Å². The molecule has 3 rings (SSSR count). The fourth-order valence-corrected chi connectivity index (χ4v) is 2.43. The van der Waals surface area contributed by atoms with E-state index in [9.17, 15) is 0 Å². The number of hydrogen-bond donors (Lipinski definition) is 1. The molecule has 0 saturated heterocycles. The van der Waals surface area contributed by atoms with Crippen molar-refractivity contribution in [2.24, 2.45) is 5.92 Å². The van der Waals surface area contributed by atoms with Gasteiger partial charge >= 0.3 is 0 Å². The molecule has 0 fully saturated rings. The van der Waals surface area contributed by atoms with Crippen LogP contribution < -0.4 is 0 Å². The first-order chi connectivity index (χ1) is 6.84. The third-order valence-electron chi connectivity index (χ3n) is 3.24. The van der Waals surface area contributed by atoms with Gasteiger partial charge in [-0.15, -0.1) is 0 Å². The smallest absolute Gasteiger partial charge is 0.0490 e. The Kier molecular flexibility index (Phi) is 1.63. The Balaban J connectivity index is 2.25. The number of nitrogens with one attached hydrogen (secondary N) is 1. The molecule has 0 radical (unpaired) electrons. The molecule has 72 valence electrons. The highest BCUT2D eigenvalue weighted by Crippen LogP contribution is 2.30. The lowest BCUT2D eigenvalue weighted by Crippen LogP contribution is -2.09. The van der Waals surface area contributed by atoms with Gasteiger partial charge in [0.1, 0.15) is 0 Å². The molecule has 1 atom stereocenters. The highest BCUT2D eigenvalue weighted by molar-refractivity contribution is 5.83. The van der Waals surface area contributed by atoms with Gasteiger partial charge < -0.3 is 4.98 Å². The standard InChI is InChI=1S/C12H14N2/c1-8-2-3-11-9(6-8)10-7-13-5-4-12(10)14-11/h4-5,7-8,14H,2-3,6H2,1H3. The van der Waals surface area contributed by atoms with Gasteiger partial charge in [0, 0.05) is 29.0 Å². The van der Waals surface area contributed by atoms with E-state index >= 15 is 0 Å². The van der Waals surface area contributed by atoms with Crippen LogP contribution in [0, 0.1) is 5.92 Å². The van der Waals surface area contributed by atoms with E-state index in [2.05, 4.69) is 23.0 Å². The molecule has 0 saturated carbocycles. The van der Waals surface area contributed by atoms with E-state index in [1.54, 1.807) is 0 Å². The van der Waals surface area contributed by atoms with Gasteiger partial charge in [-0.05, 0) is 36.8 Å². The van der Waals surface area contributed by atoms with Gasteiger partial charge in [0.2, 0.25) is 0 Å². The van der Waals surface area contributed by atoms with Crippen molar-refractivity contribution >= 4 is 10.9 Å². The SMILES string of the molecule is CC1CCc2[nH]c3ccncc3c2C1. The summed E-state index contributed by atoms with van der Waals surface area (Å²) in [5, 5.41) is 1.33. The Hall–Kier alpha value is -1.31. The lowest BCUT2D eigenvalue weighted by atomic mass is 9.88. The van der Waals surface area contributed by atoms with Gasteiger partial charge in [-0.2, -0.15) is 0 Å². The molecule has 2 aromatic heterocycles. The van der Waals surface area contributed by atoms with Gasteiger partial charge in [-0.25, -0.2) is 0 Å². The average Bonchev–Trinajstić information content (AvgIpc) is 2.56. The first-order valence-corrected chi connectivity index (χ1v) is 5.28. The Labute approximate surface area is 83.4 Å². The number of rotatable bonds is 0. The van der Waals surface area contributed by atoms with E-state index in [0.717, 1.165) is 5.92 Å². The van der Waals surface area contributed by atoms with Crippen molar-refractivity contribution in [1.29, 1.82) is 0 Å². The molecule has 1 aliphatic carbocycles. The maximum absolute atomic E-state index is 4.20. The third-order valence-corrected chi connectivity index (χ3v) is 3.24. The van der Waals surface area contributed by atoms with Gasteiger partial charge in [0.25, 0.3) is 0 Å². The summed E-state index contributed by atoms with van der Waals surface area (Å²) in [6, 6.07) is 2.07. The number of aromatic nitrogens is 2. The molecule has 0 aliphatic heterocycles. The van der Waals surface area contributed by atoms with Crippen molar-refractivity contribution in [2.45, 2.75) is 26.2 Å². The van der Waals surface area contributed by atoms with Crippen LogP contribution in [-0.4, -0.2) is 9.97 Å². The zero-order chi connectivity index (χ0) is 9.54. The first kappa shape index (κ1) is 8.04. The largest absolute Gasteiger partial charge is 0.358 e. The number of aromatic amines is 1. The van der Waals surface area contributed by atoms with Gasteiger partial charge in [-0.1, -0.05) is 6.92 Å². The van der Waals surface area contributed by atoms with E-state index < -0.39 is 0 Å². The summed E-state index contributed by atoms with van der Waals surface area (Å²) in [7, 11) is 0. The molecule has 2 nitrogen and oxygen atoms in total. The minimum absolute atomic E-state index is 0.821. The highest BCUT2D eigenvalue weighted by atomic mass is 14.7. The fraction of sp³-hybridized carbons (Fsp3) is 0.417. The van der Waals surface area contributed by atoms with Crippen LogP contribution in [0.5, 0.6) is 0 Å². The number of hydrogen-bond acceptors (Lipinski definition) is 1. The predicted molar refractivity (Wildman–Crippen MR) is 57.3 cm³/mol. The second-order valence-electron chi connectivity index (χ2n) is 4.35. The molecule has 1 aliphatic rings. The number of H-pyrrole nitrogens is 1. The molecule has 0 bridgehead atoms. The lowest BCUT2D eigenvalue weighted by molar-refractivity contribution is 0.499. The van der Waals surface area contributed by atoms with E-state index in [4.69, 9.17) is 0 Å². The number of nitrogens with zero attached hydrogens (tertiary/aromatic N) is 1. The van der Waals surface area contributed by atoms with E-state index in [1.165, 1.54) is 41.4 Å². The molecule has 1 N–H and O–H groups in total. The Morgan fingerprint density at radius 2 is 2.43 bits per heavy atom. The molecular weight excluding hydrogens is 172 g/mol. The van der Waals surface area contributed by atoms with Gasteiger partial charge in [-0.3, -0.25) is 4.98 Å². The van der Waals surface area contributed by atoms with Crippen molar-refractivity contribution < 1.29 is 0 Å². The van der Waals surface area contributed by atoms with Crippen LogP contribution in [0.4, 0.5) is 0 Å².